The monoisotopic (exact) mass is 202 g/mol. The zero-order valence-corrected chi connectivity index (χ0v) is 9.43. The summed E-state index contributed by atoms with van der Waals surface area (Å²) in [7, 11) is 2.00. The first-order valence-electron chi connectivity index (χ1n) is 5.53. The second-order valence-corrected chi connectivity index (χ2v) is 4.02. The van der Waals surface area contributed by atoms with E-state index in [1.165, 1.54) is 28.5 Å². The zero-order valence-electron chi connectivity index (χ0n) is 9.43. The number of rotatable bonds is 4. The van der Waals surface area contributed by atoms with E-state index >= 15 is 0 Å². The third kappa shape index (κ3) is 2.05. The lowest BCUT2D eigenvalue weighted by molar-refractivity contribution is 0.726. The standard InChI is InChI=1S/C13H18N2/c1-10-9-15-13-11(6-4-8-14-2)5-3-7-12(10)13/h3,5,7,9,14-15H,4,6,8H2,1-2H3. The van der Waals surface area contributed by atoms with Gasteiger partial charge in [-0.25, -0.2) is 0 Å². The van der Waals surface area contributed by atoms with Crippen LogP contribution >= 0.6 is 0 Å². The maximum Gasteiger partial charge on any atom is 0.0489 e. The minimum atomic E-state index is 1.08. The second kappa shape index (κ2) is 4.49. The predicted molar refractivity (Wildman–Crippen MR) is 65.3 cm³/mol. The molecule has 0 aliphatic carbocycles. The van der Waals surface area contributed by atoms with Gasteiger partial charge in [-0.3, -0.25) is 0 Å². The summed E-state index contributed by atoms with van der Waals surface area (Å²) in [5.74, 6) is 0. The van der Waals surface area contributed by atoms with Crippen molar-refractivity contribution >= 4 is 10.9 Å². The van der Waals surface area contributed by atoms with Crippen molar-refractivity contribution in [3.63, 3.8) is 0 Å². The Kier molecular flexibility index (Phi) is 3.07. The largest absolute Gasteiger partial charge is 0.361 e. The smallest absolute Gasteiger partial charge is 0.0489 e. The Balaban J connectivity index is 2.26. The molecule has 0 saturated carbocycles. The summed E-state index contributed by atoms with van der Waals surface area (Å²) < 4.78 is 0. The number of nitrogens with one attached hydrogen (secondary N) is 2. The van der Waals surface area contributed by atoms with Gasteiger partial charge in [0.1, 0.15) is 0 Å². The van der Waals surface area contributed by atoms with Crippen molar-refractivity contribution in [3.05, 3.63) is 35.5 Å². The Morgan fingerprint density at radius 2 is 2.20 bits per heavy atom. The number of aryl methyl sites for hydroxylation is 2. The average molecular weight is 202 g/mol. The fourth-order valence-electron chi connectivity index (χ4n) is 2.02. The number of hydrogen-bond acceptors (Lipinski definition) is 1. The van der Waals surface area contributed by atoms with Crippen molar-refractivity contribution in [1.82, 2.24) is 10.3 Å². The fraction of sp³-hybridized carbons (Fsp3) is 0.385. The Morgan fingerprint density at radius 3 is 3.00 bits per heavy atom. The van der Waals surface area contributed by atoms with Gasteiger partial charge >= 0.3 is 0 Å². The van der Waals surface area contributed by atoms with Crippen LogP contribution < -0.4 is 5.32 Å². The molecule has 0 saturated heterocycles. The Hall–Kier alpha value is -1.28. The molecular weight excluding hydrogens is 184 g/mol. The number of aromatic amines is 1. The van der Waals surface area contributed by atoms with Crippen LogP contribution in [0, 0.1) is 6.92 Å². The van der Waals surface area contributed by atoms with E-state index in [2.05, 4.69) is 41.6 Å². The van der Waals surface area contributed by atoms with Crippen LogP contribution in [0.3, 0.4) is 0 Å². The first-order valence-corrected chi connectivity index (χ1v) is 5.53. The molecule has 0 aliphatic rings. The molecule has 1 heterocycles. The van der Waals surface area contributed by atoms with Gasteiger partial charge in [-0.15, -0.1) is 0 Å². The number of aromatic nitrogens is 1. The van der Waals surface area contributed by atoms with Gasteiger partial charge in [-0.2, -0.15) is 0 Å². The summed E-state index contributed by atoms with van der Waals surface area (Å²) in [5.41, 5.74) is 4.07. The van der Waals surface area contributed by atoms with E-state index in [1.54, 1.807) is 0 Å². The summed E-state index contributed by atoms with van der Waals surface area (Å²) >= 11 is 0. The molecule has 0 aliphatic heterocycles. The number of fused-ring (bicyclic) bond motifs is 1. The van der Waals surface area contributed by atoms with Crippen LogP contribution in [0.25, 0.3) is 10.9 Å². The summed E-state index contributed by atoms with van der Waals surface area (Å²) in [6, 6.07) is 6.55. The van der Waals surface area contributed by atoms with E-state index in [-0.39, 0.29) is 0 Å². The zero-order chi connectivity index (χ0) is 10.7. The molecule has 1 aromatic heterocycles. The van der Waals surface area contributed by atoms with E-state index < -0.39 is 0 Å². The topological polar surface area (TPSA) is 27.8 Å². The predicted octanol–water partition coefficient (Wildman–Crippen LogP) is 2.63. The Labute approximate surface area is 90.7 Å². The highest BCUT2D eigenvalue weighted by atomic mass is 14.8. The van der Waals surface area contributed by atoms with Crippen LogP contribution in [0.2, 0.25) is 0 Å². The minimum Gasteiger partial charge on any atom is -0.361 e. The van der Waals surface area contributed by atoms with Crippen LogP contribution in [0.5, 0.6) is 0 Å². The molecule has 2 N–H and O–H groups in total. The van der Waals surface area contributed by atoms with Crippen LogP contribution in [0.15, 0.2) is 24.4 Å². The normalized spacial score (nSPS) is 11.1. The van der Waals surface area contributed by atoms with Crippen molar-refractivity contribution < 1.29 is 0 Å². The van der Waals surface area contributed by atoms with E-state index in [4.69, 9.17) is 0 Å². The molecule has 0 amide bonds. The number of H-pyrrole nitrogens is 1. The van der Waals surface area contributed by atoms with Crippen molar-refractivity contribution in [3.8, 4) is 0 Å². The molecule has 0 unspecified atom stereocenters. The van der Waals surface area contributed by atoms with Gasteiger partial charge in [0.25, 0.3) is 0 Å². The van der Waals surface area contributed by atoms with Crippen molar-refractivity contribution in [1.29, 1.82) is 0 Å². The van der Waals surface area contributed by atoms with Crippen molar-refractivity contribution in [2.45, 2.75) is 19.8 Å². The van der Waals surface area contributed by atoms with E-state index in [0.717, 1.165) is 13.0 Å². The molecule has 2 rings (SSSR count). The SMILES string of the molecule is CNCCCc1cccc2c(C)c[nH]c12. The van der Waals surface area contributed by atoms with E-state index in [0.29, 0.717) is 0 Å². The highest BCUT2D eigenvalue weighted by molar-refractivity contribution is 5.85. The first-order chi connectivity index (χ1) is 7.33. The molecule has 0 radical (unpaired) electrons. The third-order valence-electron chi connectivity index (χ3n) is 2.88. The van der Waals surface area contributed by atoms with Gasteiger partial charge in [-0.05, 0) is 44.5 Å². The molecule has 80 valence electrons. The first kappa shape index (κ1) is 10.2. The molecule has 0 spiro atoms. The summed E-state index contributed by atoms with van der Waals surface area (Å²) in [4.78, 5) is 3.36. The lowest BCUT2D eigenvalue weighted by Crippen LogP contribution is -2.08. The summed E-state index contributed by atoms with van der Waals surface area (Å²) in [5, 5.41) is 4.54. The molecule has 2 nitrogen and oxygen atoms in total. The van der Waals surface area contributed by atoms with E-state index in [1.807, 2.05) is 7.05 Å². The summed E-state index contributed by atoms with van der Waals surface area (Å²) in [6.07, 6.45) is 4.41. The van der Waals surface area contributed by atoms with Crippen molar-refractivity contribution in [2.75, 3.05) is 13.6 Å². The van der Waals surface area contributed by atoms with Gasteiger partial charge in [0.15, 0.2) is 0 Å². The molecule has 2 aromatic rings. The molecular formula is C13H18N2. The quantitative estimate of drug-likeness (QED) is 0.733. The molecule has 0 atom stereocenters. The maximum atomic E-state index is 3.36. The molecule has 2 heteroatoms. The molecule has 0 bridgehead atoms. The third-order valence-corrected chi connectivity index (χ3v) is 2.88. The maximum absolute atomic E-state index is 3.36. The number of benzene rings is 1. The van der Waals surface area contributed by atoms with Gasteiger partial charge in [0.05, 0.1) is 0 Å². The summed E-state index contributed by atoms with van der Waals surface area (Å²) in [6.45, 7) is 3.23. The van der Waals surface area contributed by atoms with Gasteiger partial charge < -0.3 is 10.3 Å². The second-order valence-electron chi connectivity index (χ2n) is 4.02. The minimum absolute atomic E-state index is 1.08. The highest BCUT2D eigenvalue weighted by Crippen LogP contribution is 2.21. The van der Waals surface area contributed by atoms with Crippen LogP contribution in [-0.4, -0.2) is 18.6 Å². The highest BCUT2D eigenvalue weighted by Gasteiger charge is 2.03. The van der Waals surface area contributed by atoms with Gasteiger partial charge in [0.2, 0.25) is 0 Å². The molecule has 1 aromatic carbocycles. The Bertz CT molecular complexity index is 443. The van der Waals surface area contributed by atoms with Crippen molar-refractivity contribution in [2.24, 2.45) is 0 Å². The lowest BCUT2D eigenvalue weighted by Gasteiger charge is -2.03. The average Bonchev–Trinajstić information content (AvgIpc) is 2.62. The molecule has 15 heavy (non-hydrogen) atoms. The number of hydrogen-bond donors (Lipinski definition) is 2. The Morgan fingerprint density at radius 1 is 1.33 bits per heavy atom. The molecule has 0 fully saturated rings. The van der Waals surface area contributed by atoms with E-state index in [9.17, 15) is 0 Å². The van der Waals surface area contributed by atoms with Gasteiger partial charge in [0, 0.05) is 17.1 Å². The fourth-order valence-corrected chi connectivity index (χ4v) is 2.02. The van der Waals surface area contributed by atoms with Crippen LogP contribution in [0.1, 0.15) is 17.5 Å². The lowest BCUT2D eigenvalue weighted by atomic mass is 10.1. The van der Waals surface area contributed by atoms with Gasteiger partial charge in [-0.1, -0.05) is 18.2 Å². The number of para-hydroxylation sites is 1. The van der Waals surface area contributed by atoms with Crippen LogP contribution in [0.4, 0.5) is 0 Å². The van der Waals surface area contributed by atoms with Crippen LogP contribution in [-0.2, 0) is 6.42 Å².